The van der Waals surface area contributed by atoms with Crippen molar-refractivity contribution in [2.75, 3.05) is 0 Å². The van der Waals surface area contributed by atoms with Gasteiger partial charge in [0.25, 0.3) is 0 Å². The fraction of sp³-hybridized carbons (Fsp3) is 0.143. The molecular formula is C14H12BrFO. The number of aryl methyl sites for hydroxylation is 1. The third-order valence-corrected chi connectivity index (χ3v) is 3.03. The van der Waals surface area contributed by atoms with Gasteiger partial charge in [-0.05, 0) is 36.2 Å². The number of hydrogen-bond donors (Lipinski definition) is 0. The van der Waals surface area contributed by atoms with Crippen molar-refractivity contribution in [3.63, 3.8) is 0 Å². The molecule has 0 aliphatic heterocycles. The van der Waals surface area contributed by atoms with Crippen LogP contribution < -0.4 is 4.74 Å². The molecular weight excluding hydrogens is 283 g/mol. The molecule has 0 fully saturated rings. The first-order valence-electron chi connectivity index (χ1n) is 5.29. The summed E-state index contributed by atoms with van der Waals surface area (Å²) in [6, 6.07) is 12.6. The van der Waals surface area contributed by atoms with E-state index in [0.29, 0.717) is 6.61 Å². The molecule has 0 N–H and O–H groups in total. The van der Waals surface area contributed by atoms with Crippen molar-refractivity contribution in [1.29, 1.82) is 0 Å². The second-order valence-corrected chi connectivity index (χ2v) is 4.71. The molecule has 2 aromatic rings. The minimum Gasteiger partial charge on any atom is -0.486 e. The van der Waals surface area contributed by atoms with Gasteiger partial charge in [-0.2, -0.15) is 0 Å². The predicted octanol–water partition coefficient (Wildman–Crippen LogP) is 4.48. The zero-order valence-corrected chi connectivity index (χ0v) is 11.0. The monoisotopic (exact) mass is 294 g/mol. The summed E-state index contributed by atoms with van der Waals surface area (Å²) in [5.41, 5.74) is 2.20. The fourth-order valence-electron chi connectivity index (χ4n) is 1.52. The average molecular weight is 295 g/mol. The highest BCUT2D eigenvalue weighted by Crippen LogP contribution is 2.23. The van der Waals surface area contributed by atoms with E-state index in [1.165, 1.54) is 6.07 Å². The van der Waals surface area contributed by atoms with Gasteiger partial charge in [0.2, 0.25) is 0 Å². The molecule has 0 atom stereocenters. The van der Waals surface area contributed by atoms with Crippen molar-refractivity contribution in [2.45, 2.75) is 13.5 Å². The predicted molar refractivity (Wildman–Crippen MR) is 69.6 cm³/mol. The molecule has 0 heterocycles. The Morgan fingerprint density at radius 3 is 2.71 bits per heavy atom. The largest absolute Gasteiger partial charge is 0.486 e. The van der Waals surface area contributed by atoms with E-state index in [1.54, 1.807) is 12.1 Å². The van der Waals surface area contributed by atoms with Crippen molar-refractivity contribution in [3.05, 3.63) is 63.9 Å². The fourth-order valence-corrected chi connectivity index (χ4v) is 1.86. The standard InChI is InChI=1S/C14H12BrFO/c1-10-4-2-3-5-11(10)9-17-14-8-12(15)6-7-13(14)16/h2-8H,9H2,1H3. The summed E-state index contributed by atoms with van der Waals surface area (Å²) in [7, 11) is 0. The van der Waals surface area contributed by atoms with Crippen LogP contribution in [0.1, 0.15) is 11.1 Å². The molecule has 2 aromatic carbocycles. The molecule has 88 valence electrons. The molecule has 0 aliphatic rings. The second kappa shape index (κ2) is 5.32. The van der Waals surface area contributed by atoms with Crippen molar-refractivity contribution in [1.82, 2.24) is 0 Å². The molecule has 3 heteroatoms. The molecule has 0 saturated carbocycles. The Hall–Kier alpha value is -1.35. The Labute approximate surface area is 108 Å². The smallest absolute Gasteiger partial charge is 0.165 e. The SMILES string of the molecule is Cc1ccccc1COc1cc(Br)ccc1F. The first-order valence-corrected chi connectivity index (χ1v) is 6.08. The molecule has 0 bridgehead atoms. The van der Waals surface area contributed by atoms with Gasteiger partial charge in [-0.1, -0.05) is 40.2 Å². The summed E-state index contributed by atoms with van der Waals surface area (Å²) in [6.07, 6.45) is 0. The van der Waals surface area contributed by atoms with E-state index in [-0.39, 0.29) is 11.6 Å². The summed E-state index contributed by atoms with van der Waals surface area (Å²) in [5.74, 6) is -0.0792. The summed E-state index contributed by atoms with van der Waals surface area (Å²) < 4.78 is 19.7. The first kappa shape index (κ1) is 12.1. The Morgan fingerprint density at radius 2 is 1.94 bits per heavy atom. The molecule has 1 nitrogen and oxygen atoms in total. The minimum atomic E-state index is -0.346. The van der Waals surface area contributed by atoms with Gasteiger partial charge in [-0.15, -0.1) is 0 Å². The van der Waals surface area contributed by atoms with Gasteiger partial charge in [0.1, 0.15) is 6.61 Å². The van der Waals surface area contributed by atoms with Gasteiger partial charge in [0.15, 0.2) is 11.6 Å². The highest BCUT2D eigenvalue weighted by atomic mass is 79.9. The van der Waals surface area contributed by atoms with Gasteiger partial charge in [0, 0.05) is 4.47 Å². The second-order valence-electron chi connectivity index (χ2n) is 3.79. The van der Waals surface area contributed by atoms with E-state index in [1.807, 2.05) is 31.2 Å². The maximum absolute atomic E-state index is 13.4. The lowest BCUT2D eigenvalue weighted by molar-refractivity contribution is 0.289. The molecule has 2 rings (SSSR count). The summed E-state index contributed by atoms with van der Waals surface area (Å²) in [6.45, 7) is 2.38. The van der Waals surface area contributed by atoms with E-state index >= 15 is 0 Å². The van der Waals surface area contributed by atoms with Crippen LogP contribution >= 0.6 is 15.9 Å². The molecule has 0 aromatic heterocycles. The quantitative estimate of drug-likeness (QED) is 0.811. The van der Waals surface area contributed by atoms with E-state index in [0.717, 1.165) is 15.6 Å². The molecule has 0 radical (unpaired) electrons. The van der Waals surface area contributed by atoms with Crippen LogP contribution in [0.25, 0.3) is 0 Å². The highest BCUT2D eigenvalue weighted by molar-refractivity contribution is 9.10. The van der Waals surface area contributed by atoms with Crippen molar-refractivity contribution in [3.8, 4) is 5.75 Å². The highest BCUT2D eigenvalue weighted by Gasteiger charge is 2.05. The summed E-state index contributed by atoms with van der Waals surface area (Å²) >= 11 is 3.29. The number of benzene rings is 2. The third kappa shape index (κ3) is 3.07. The van der Waals surface area contributed by atoms with Crippen LogP contribution in [0.3, 0.4) is 0 Å². The zero-order chi connectivity index (χ0) is 12.3. The number of ether oxygens (including phenoxy) is 1. The van der Waals surface area contributed by atoms with Crippen LogP contribution in [0.5, 0.6) is 5.75 Å². The van der Waals surface area contributed by atoms with E-state index in [9.17, 15) is 4.39 Å². The Bertz CT molecular complexity index is 525. The van der Waals surface area contributed by atoms with Crippen LogP contribution in [-0.4, -0.2) is 0 Å². The van der Waals surface area contributed by atoms with Crippen molar-refractivity contribution >= 4 is 15.9 Å². The third-order valence-electron chi connectivity index (χ3n) is 2.54. The lowest BCUT2D eigenvalue weighted by Gasteiger charge is -2.09. The Morgan fingerprint density at radius 1 is 1.18 bits per heavy atom. The topological polar surface area (TPSA) is 9.23 Å². The van der Waals surface area contributed by atoms with Gasteiger partial charge in [-0.25, -0.2) is 4.39 Å². The average Bonchev–Trinajstić information content (AvgIpc) is 2.32. The Kier molecular flexibility index (Phi) is 3.79. The van der Waals surface area contributed by atoms with Crippen LogP contribution in [0.4, 0.5) is 4.39 Å². The summed E-state index contributed by atoms with van der Waals surface area (Å²) in [4.78, 5) is 0. The summed E-state index contributed by atoms with van der Waals surface area (Å²) in [5, 5.41) is 0. The lowest BCUT2D eigenvalue weighted by atomic mass is 10.1. The van der Waals surface area contributed by atoms with Gasteiger partial charge in [-0.3, -0.25) is 0 Å². The molecule has 17 heavy (non-hydrogen) atoms. The van der Waals surface area contributed by atoms with Crippen LogP contribution in [-0.2, 0) is 6.61 Å². The minimum absolute atomic E-state index is 0.266. The molecule has 0 unspecified atom stereocenters. The van der Waals surface area contributed by atoms with Crippen LogP contribution in [0.15, 0.2) is 46.9 Å². The number of halogens is 2. The van der Waals surface area contributed by atoms with E-state index in [4.69, 9.17) is 4.74 Å². The van der Waals surface area contributed by atoms with Crippen LogP contribution in [0, 0.1) is 12.7 Å². The zero-order valence-electron chi connectivity index (χ0n) is 9.41. The Balaban J connectivity index is 2.12. The maximum Gasteiger partial charge on any atom is 0.165 e. The molecule has 0 saturated heterocycles. The number of rotatable bonds is 3. The van der Waals surface area contributed by atoms with E-state index < -0.39 is 0 Å². The van der Waals surface area contributed by atoms with Crippen LogP contribution in [0.2, 0.25) is 0 Å². The molecule has 0 amide bonds. The van der Waals surface area contributed by atoms with Gasteiger partial charge >= 0.3 is 0 Å². The first-order chi connectivity index (χ1) is 8.16. The van der Waals surface area contributed by atoms with Crippen molar-refractivity contribution < 1.29 is 9.13 Å². The van der Waals surface area contributed by atoms with Gasteiger partial charge in [0.05, 0.1) is 0 Å². The maximum atomic E-state index is 13.4. The molecule has 0 aliphatic carbocycles. The molecule has 0 spiro atoms. The normalized spacial score (nSPS) is 10.3. The van der Waals surface area contributed by atoms with Gasteiger partial charge < -0.3 is 4.74 Å². The van der Waals surface area contributed by atoms with E-state index in [2.05, 4.69) is 15.9 Å². The van der Waals surface area contributed by atoms with Crippen molar-refractivity contribution in [2.24, 2.45) is 0 Å². The lowest BCUT2D eigenvalue weighted by Crippen LogP contribution is -1.99. The number of hydrogen-bond acceptors (Lipinski definition) is 1.